The van der Waals surface area contributed by atoms with E-state index in [1.807, 2.05) is 32.0 Å². The third-order valence-electron chi connectivity index (χ3n) is 2.81. The van der Waals surface area contributed by atoms with Crippen molar-refractivity contribution in [1.29, 1.82) is 0 Å². The minimum absolute atomic E-state index is 0.0643. The monoisotopic (exact) mass is 327 g/mol. The normalized spacial score (nSPS) is 13.1. The highest BCUT2D eigenvalue weighted by Gasteiger charge is 2.22. The zero-order valence-electron chi connectivity index (χ0n) is 11.0. The van der Waals surface area contributed by atoms with Gasteiger partial charge >= 0.3 is 0 Å². The Balaban J connectivity index is 2.84. The van der Waals surface area contributed by atoms with Crippen molar-refractivity contribution in [3.05, 3.63) is 28.2 Å². The number of amidine groups is 1. The van der Waals surface area contributed by atoms with Gasteiger partial charge in [0.1, 0.15) is 0 Å². The van der Waals surface area contributed by atoms with Crippen molar-refractivity contribution in [1.82, 2.24) is 0 Å². The lowest BCUT2D eigenvalue weighted by Gasteiger charge is -2.15. The third-order valence-corrected chi connectivity index (χ3v) is 3.66. The van der Waals surface area contributed by atoms with Gasteiger partial charge in [-0.2, -0.15) is 0 Å². The number of anilines is 1. The van der Waals surface area contributed by atoms with E-state index in [1.54, 1.807) is 0 Å². The number of carbonyl (C=O) groups is 1. The van der Waals surface area contributed by atoms with Gasteiger partial charge in [0.15, 0.2) is 5.84 Å². The standard InChI is InChI=1S/C13H18BrN3O2/c1-3-4-10(12(15)17-19)13(18)16-9-6-5-8(2)11(14)7-9/h5-7,10,19H,3-4H2,1-2H3,(H2,15,17)(H,16,18). The Morgan fingerprint density at radius 2 is 2.26 bits per heavy atom. The summed E-state index contributed by atoms with van der Waals surface area (Å²) in [6.07, 6.45) is 1.31. The van der Waals surface area contributed by atoms with Crippen molar-refractivity contribution in [3.63, 3.8) is 0 Å². The quantitative estimate of drug-likeness (QED) is 0.336. The summed E-state index contributed by atoms with van der Waals surface area (Å²) < 4.78 is 0.918. The van der Waals surface area contributed by atoms with Crippen molar-refractivity contribution in [2.75, 3.05) is 5.32 Å². The molecule has 0 bridgehead atoms. The second kappa shape index (κ2) is 7.13. The predicted octanol–water partition coefficient (Wildman–Crippen LogP) is 2.86. The molecule has 4 N–H and O–H groups in total. The molecular formula is C13H18BrN3O2. The molecular weight excluding hydrogens is 310 g/mol. The fraction of sp³-hybridized carbons (Fsp3) is 0.385. The Kier molecular flexibility index (Phi) is 5.82. The highest BCUT2D eigenvalue weighted by molar-refractivity contribution is 9.10. The number of halogens is 1. The van der Waals surface area contributed by atoms with Gasteiger partial charge in [-0.1, -0.05) is 40.5 Å². The number of oxime groups is 1. The lowest BCUT2D eigenvalue weighted by Crippen LogP contribution is -2.34. The lowest BCUT2D eigenvalue weighted by atomic mass is 10.0. The summed E-state index contributed by atoms with van der Waals surface area (Å²) in [7, 11) is 0. The second-order valence-corrected chi connectivity index (χ2v) is 5.17. The number of nitrogens with two attached hydrogens (primary N) is 1. The van der Waals surface area contributed by atoms with Crippen LogP contribution in [0.4, 0.5) is 5.69 Å². The van der Waals surface area contributed by atoms with Gasteiger partial charge in [0.2, 0.25) is 5.91 Å². The molecule has 0 aromatic heterocycles. The van der Waals surface area contributed by atoms with Crippen molar-refractivity contribution in [3.8, 4) is 0 Å². The Hall–Kier alpha value is -1.56. The van der Waals surface area contributed by atoms with Crippen molar-refractivity contribution in [2.45, 2.75) is 26.7 Å². The first-order valence-electron chi connectivity index (χ1n) is 6.04. The fourth-order valence-corrected chi connectivity index (χ4v) is 2.05. The summed E-state index contributed by atoms with van der Waals surface area (Å²) in [4.78, 5) is 12.1. The van der Waals surface area contributed by atoms with E-state index in [9.17, 15) is 4.79 Å². The van der Waals surface area contributed by atoms with E-state index in [0.29, 0.717) is 12.1 Å². The van der Waals surface area contributed by atoms with Crippen LogP contribution in [0.2, 0.25) is 0 Å². The Morgan fingerprint density at radius 1 is 1.58 bits per heavy atom. The average molecular weight is 328 g/mol. The predicted molar refractivity (Wildman–Crippen MR) is 79.3 cm³/mol. The van der Waals surface area contributed by atoms with Crippen LogP contribution in [0.5, 0.6) is 0 Å². The number of nitrogens with one attached hydrogen (secondary N) is 1. The van der Waals surface area contributed by atoms with Crippen molar-refractivity contribution < 1.29 is 10.0 Å². The molecule has 0 spiro atoms. The first-order valence-corrected chi connectivity index (χ1v) is 6.83. The van der Waals surface area contributed by atoms with Gasteiger partial charge in [-0.25, -0.2) is 0 Å². The molecule has 0 saturated heterocycles. The van der Waals surface area contributed by atoms with Crippen LogP contribution >= 0.6 is 15.9 Å². The number of rotatable bonds is 5. The van der Waals surface area contributed by atoms with Gasteiger partial charge in [0.05, 0.1) is 5.92 Å². The molecule has 1 amide bonds. The summed E-state index contributed by atoms with van der Waals surface area (Å²) in [6, 6.07) is 5.54. The van der Waals surface area contributed by atoms with Crippen LogP contribution in [0.1, 0.15) is 25.3 Å². The van der Waals surface area contributed by atoms with E-state index >= 15 is 0 Å². The molecule has 104 valence electrons. The summed E-state index contributed by atoms with van der Waals surface area (Å²) in [6.45, 7) is 3.90. The van der Waals surface area contributed by atoms with E-state index in [2.05, 4.69) is 26.4 Å². The smallest absolute Gasteiger partial charge is 0.235 e. The molecule has 0 fully saturated rings. The number of benzene rings is 1. The summed E-state index contributed by atoms with van der Waals surface area (Å²) >= 11 is 3.41. The van der Waals surface area contributed by atoms with E-state index in [1.165, 1.54) is 0 Å². The molecule has 6 heteroatoms. The van der Waals surface area contributed by atoms with Gasteiger partial charge in [0.25, 0.3) is 0 Å². The number of aryl methyl sites for hydroxylation is 1. The topological polar surface area (TPSA) is 87.7 Å². The van der Waals surface area contributed by atoms with Crippen molar-refractivity contribution in [2.24, 2.45) is 16.8 Å². The molecule has 1 rings (SSSR count). The van der Waals surface area contributed by atoms with Gasteiger partial charge in [0, 0.05) is 10.2 Å². The third kappa shape index (κ3) is 4.24. The molecule has 0 aliphatic heterocycles. The van der Waals surface area contributed by atoms with Gasteiger partial charge < -0.3 is 16.3 Å². The van der Waals surface area contributed by atoms with Crippen LogP contribution in [0.15, 0.2) is 27.8 Å². The number of hydrogen-bond acceptors (Lipinski definition) is 3. The Morgan fingerprint density at radius 3 is 2.79 bits per heavy atom. The second-order valence-electron chi connectivity index (χ2n) is 4.32. The molecule has 0 heterocycles. The molecule has 1 atom stereocenters. The number of nitrogens with zero attached hydrogens (tertiary/aromatic N) is 1. The highest BCUT2D eigenvalue weighted by Crippen LogP contribution is 2.21. The molecule has 1 aromatic rings. The SMILES string of the molecule is CCCC(C(=O)Nc1ccc(C)c(Br)c1)C(N)=NO. The Bertz CT molecular complexity index is 489. The highest BCUT2D eigenvalue weighted by atomic mass is 79.9. The zero-order chi connectivity index (χ0) is 14.4. The first kappa shape index (κ1) is 15.5. The van der Waals surface area contributed by atoms with Gasteiger partial charge in [-0.15, -0.1) is 0 Å². The number of hydrogen-bond donors (Lipinski definition) is 3. The minimum atomic E-state index is -0.616. The van der Waals surface area contributed by atoms with Gasteiger partial charge in [-0.3, -0.25) is 4.79 Å². The zero-order valence-corrected chi connectivity index (χ0v) is 12.6. The molecule has 0 radical (unpaired) electrons. The average Bonchev–Trinajstić information content (AvgIpc) is 2.39. The van der Waals surface area contributed by atoms with Crippen LogP contribution in [0.25, 0.3) is 0 Å². The molecule has 1 aromatic carbocycles. The van der Waals surface area contributed by atoms with Crippen molar-refractivity contribution >= 4 is 33.4 Å². The molecule has 1 unspecified atom stereocenters. The number of amides is 1. The first-order chi connectivity index (χ1) is 8.99. The summed E-state index contributed by atoms with van der Waals surface area (Å²) in [5.41, 5.74) is 7.30. The maximum Gasteiger partial charge on any atom is 0.235 e. The summed E-state index contributed by atoms with van der Waals surface area (Å²) in [5, 5.41) is 14.4. The maximum atomic E-state index is 12.1. The van der Waals surface area contributed by atoms with E-state index in [0.717, 1.165) is 16.5 Å². The lowest BCUT2D eigenvalue weighted by molar-refractivity contribution is -0.118. The van der Waals surface area contributed by atoms with Crippen LogP contribution in [0.3, 0.4) is 0 Å². The van der Waals surface area contributed by atoms with Crippen LogP contribution in [-0.4, -0.2) is 17.0 Å². The van der Waals surface area contributed by atoms with E-state index in [4.69, 9.17) is 10.9 Å². The molecule has 0 aliphatic carbocycles. The van der Waals surface area contributed by atoms with Crippen LogP contribution < -0.4 is 11.1 Å². The van der Waals surface area contributed by atoms with Crippen LogP contribution in [-0.2, 0) is 4.79 Å². The molecule has 5 nitrogen and oxygen atoms in total. The fourth-order valence-electron chi connectivity index (χ4n) is 1.67. The van der Waals surface area contributed by atoms with Crippen LogP contribution in [0, 0.1) is 12.8 Å². The summed E-state index contributed by atoms with van der Waals surface area (Å²) in [5.74, 6) is -0.950. The maximum absolute atomic E-state index is 12.1. The van der Waals surface area contributed by atoms with E-state index < -0.39 is 5.92 Å². The largest absolute Gasteiger partial charge is 0.409 e. The molecule has 19 heavy (non-hydrogen) atoms. The van der Waals surface area contributed by atoms with E-state index in [-0.39, 0.29) is 11.7 Å². The van der Waals surface area contributed by atoms with Gasteiger partial charge in [-0.05, 0) is 31.0 Å². The molecule has 0 saturated carbocycles. The Labute approximate surface area is 121 Å². The minimum Gasteiger partial charge on any atom is -0.409 e. The number of carbonyl (C=O) groups excluding carboxylic acids is 1. The molecule has 0 aliphatic rings.